The number of carboxylic acid groups (broad SMARTS) is 1. The quantitative estimate of drug-likeness (QED) is 0.730. The Balaban J connectivity index is 2.09. The van der Waals surface area contributed by atoms with Crippen molar-refractivity contribution in [2.45, 2.75) is 0 Å². The van der Waals surface area contributed by atoms with Crippen LogP contribution in [0.4, 0.5) is 5.82 Å². The Morgan fingerprint density at radius 1 is 1.44 bits per heavy atom. The van der Waals surface area contributed by atoms with Gasteiger partial charge in [0.05, 0.1) is 5.92 Å². The number of carbonyl (C=O) groups excluding carboxylic acids is 1. The van der Waals surface area contributed by atoms with Gasteiger partial charge in [-0.2, -0.15) is 0 Å². The van der Waals surface area contributed by atoms with Gasteiger partial charge >= 0.3 is 5.97 Å². The van der Waals surface area contributed by atoms with Gasteiger partial charge in [0, 0.05) is 13.1 Å². The van der Waals surface area contributed by atoms with E-state index < -0.39 is 11.9 Å². The van der Waals surface area contributed by atoms with Crippen LogP contribution in [-0.2, 0) is 4.79 Å². The number of carbonyl (C=O) groups is 2. The maximum atomic E-state index is 10.9. The Morgan fingerprint density at radius 3 is 2.69 bits per heavy atom. The standard InChI is InChI=1S/C10H11N3O3/c11-9(14)7-2-1-3-8(12-7)13-4-6(5-13)10(15)16/h1-3,6H,4-5H2,(H2,11,14)(H,15,16). The van der Waals surface area contributed by atoms with Gasteiger partial charge < -0.3 is 15.7 Å². The van der Waals surface area contributed by atoms with Crippen molar-refractivity contribution in [2.75, 3.05) is 18.0 Å². The molecule has 0 spiro atoms. The molecule has 0 aromatic carbocycles. The first-order chi connectivity index (χ1) is 7.58. The molecule has 0 radical (unpaired) electrons. The number of aliphatic carboxylic acids is 1. The van der Waals surface area contributed by atoms with E-state index in [0.29, 0.717) is 18.9 Å². The second-order valence-corrected chi connectivity index (χ2v) is 3.69. The van der Waals surface area contributed by atoms with E-state index in [1.165, 1.54) is 6.07 Å². The third-order valence-electron chi connectivity index (χ3n) is 2.54. The normalized spacial score (nSPS) is 15.6. The highest BCUT2D eigenvalue weighted by molar-refractivity contribution is 5.91. The number of hydrogen-bond donors (Lipinski definition) is 2. The largest absolute Gasteiger partial charge is 0.481 e. The molecule has 2 heterocycles. The zero-order valence-electron chi connectivity index (χ0n) is 8.46. The summed E-state index contributed by atoms with van der Waals surface area (Å²) in [4.78, 5) is 27.4. The lowest BCUT2D eigenvalue weighted by molar-refractivity contribution is -0.142. The van der Waals surface area contributed by atoms with Crippen LogP contribution in [0.15, 0.2) is 18.2 Å². The molecule has 0 bridgehead atoms. The summed E-state index contributed by atoms with van der Waals surface area (Å²) in [7, 11) is 0. The van der Waals surface area contributed by atoms with Crippen molar-refractivity contribution in [3.63, 3.8) is 0 Å². The summed E-state index contributed by atoms with van der Waals surface area (Å²) in [6, 6.07) is 4.93. The van der Waals surface area contributed by atoms with E-state index in [-0.39, 0.29) is 11.6 Å². The molecule has 1 amide bonds. The summed E-state index contributed by atoms with van der Waals surface area (Å²) < 4.78 is 0. The second-order valence-electron chi connectivity index (χ2n) is 3.69. The van der Waals surface area contributed by atoms with Crippen LogP contribution in [0.25, 0.3) is 0 Å². The number of rotatable bonds is 3. The topological polar surface area (TPSA) is 96.5 Å². The lowest BCUT2D eigenvalue weighted by Gasteiger charge is -2.37. The predicted octanol–water partition coefficient (Wildman–Crippen LogP) is -0.299. The number of hydrogen-bond acceptors (Lipinski definition) is 4. The molecule has 0 saturated carbocycles. The van der Waals surface area contributed by atoms with Crippen LogP contribution in [-0.4, -0.2) is 35.1 Å². The minimum Gasteiger partial charge on any atom is -0.481 e. The highest BCUT2D eigenvalue weighted by Crippen LogP contribution is 2.22. The van der Waals surface area contributed by atoms with Crippen molar-refractivity contribution in [1.29, 1.82) is 0 Å². The highest BCUT2D eigenvalue weighted by Gasteiger charge is 2.33. The van der Waals surface area contributed by atoms with E-state index in [2.05, 4.69) is 4.98 Å². The fraction of sp³-hybridized carbons (Fsp3) is 0.300. The average Bonchev–Trinajstić information content (AvgIpc) is 2.15. The van der Waals surface area contributed by atoms with Gasteiger partial charge in [-0.25, -0.2) is 4.98 Å². The third-order valence-corrected chi connectivity index (χ3v) is 2.54. The minimum atomic E-state index is -0.803. The Bertz CT molecular complexity index is 441. The first-order valence-corrected chi connectivity index (χ1v) is 4.82. The lowest BCUT2D eigenvalue weighted by atomic mass is 10.0. The van der Waals surface area contributed by atoms with Crippen molar-refractivity contribution in [3.8, 4) is 0 Å². The van der Waals surface area contributed by atoms with Crippen LogP contribution < -0.4 is 10.6 Å². The SMILES string of the molecule is NC(=O)c1cccc(N2CC(C(=O)O)C2)n1. The van der Waals surface area contributed by atoms with E-state index in [1.54, 1.807) is 17.0 Å². The van der Waals surface area contributed by atoms with Gasteiger partial charge in [-0.3, -0.25) is 9.59 Å². The Morgan fingerprint density at radius 2 is 2.12 bits per heavy atom. The molecule has 16 heavy (non-hydrogen) atoms. The van der Waals surface area contributed by atoms with Crippen LogP contribution in [0.1, 0.15) is 10.5 Å². The summed E-state index contributed by atoms with van der Waals surface area (Å²) >= 11 is 0. The van der Waals surface area contributed by atoms with Crippen LogP contribution in [0.2, 0.25) is 0 Å². The van der Waals surface area contributed by atoms with E-state index in [4.69, 9.17) is 10.8 Å². The van der Waals surface area contributed by atoms with Crippen molar-refractivity contribution in [1.82, 2.24) is 4.98 Å². The molecule has 6 heteroatoms. The molecule has 84 valence electrons. The van der Waals surface area contributed by atoms with Gasteiger partial charge in [0.1, 0.15) is 11.5 Å². The van der Waals surface area contributed by atoms with Crippen LogP contribution in [0.3, 0.4) is 0 Å². The molecule has 0 aliphatic carbocycles. The third kappa shape index (κ3) is 1.81. The zero-order valence-corrected chi connectivity index (χ0v) is 8.46. The number of primary amides is 1. The van der Waals surface area contributed by atoms with Gasteiger partial charge in [0.2, 0.25) is 0 Å². The molecule has 1 fully saturated rings. The summed E-state index contributed by atoms with van der Waals surface area (Å²) in [6.07, 6.45) is 0. The minimum absolute atomic E-state index is 0.191. The van der Waals surface area contributed by atoms with Crippen molar-refractivity contribution >= 4 is 17.7 Å². The molecule has 2 rings (SSSR count). The molecule has 0 atom stereocenters. The summed E-state index contributed by atoms with van der Waals surface area (Å²) in [5.74, 6) is -1.15. The first kappa shape index (κ1) is 10.4. The van der Waals surface area contributed by atoms with Crippen molar-refractivity contribution in [2.24, 2.45) is 11.7 Å². The van der Waals surface area contributed by atoms with E-state index in [0.717, 1.165) is 0 Å². The smallest absolute Gasteiger partial charge is 0.310 e. The predicted molar refractivity (Wildman–Crippen MR) is 56.1 cm³/mol. The van der Waals surface area contributed by atoms with Crippen LogP contribution in [0.5, 0.6) is 0 Å². The molecule has 1 saturated heterocycles. The number of amides is 1. The molecular weight excluding hydrogens is 210 g/mol. The molecule has 3 N–H and O–H groups in total. The van der Waals surface area contributed by atoms with Gasteiger partial charge in [0.25, 0.3) is 5.91 Å². The Hall–Kier alpha value is -2.11. The van der Waals surface area contributed by atoms with Crippen LogP contribution >= 0.6 is 0 Å². The molecule has 0 unspecified atom stereocenters. The number of carboxylic acids is 1. The van der Waals surface area contributed by atoms with Gasteiger partial charge in [-0.1, -0.05) is 6.07 Å². The molecule has 1 aliphatic heterocycles. The maximum absolute atomic E-state index is 10.9. The van der Waals surface area contributed by atoms with Gasteiger partial charge in [-0.15, -0.1) is 0 Å². The van der Waals surface area contributed by atoms with E-state index in [1.807, 2.05) is 0 Å². The number of anilines is 1. The molecule has 6 nitrogen and oxygen atoms in total. The van der Waals surface area contributed by atoms with E-state index >= 15 is 0 Å². The number of pyridine rings is 1. The van der Waals surface area contributed by atoms with Crippen molar-refractivity contribution < 1.29 is 14.7 Å². The van der Waals surface area contributed by atoms with Crippen molar-refractivity contribution in [3.05, 3.63) is 23.9 Å². The highest BCUT2D eigenvalue weighted by atomic mass is 16.4. The van der Waals surface area contributed by atoms with Crippen LogP contribution in [0, 0.1) is 5.92 Å². The number of nitrogens with zero attached hydrogens (tertiary/aromatic N) is 2. The van der Waals surface area contributed by atoms with Gasteiger partial charge in [0.15, 0.2) is 0 Å². The molecule has 1 aromatic heterocycles. The zero-order chi connectivity index (χ0) is 11.7. The Kier molecular flexibility index (Phi) is 2.47. The number of aromatic nitrogens is 1. The molecule has 1 aromatic rings. The second kappa shape index (κ2) is 3.80. The fourth-order valence-electron chi connectivity index (χ4n) is 1.56. The monoisotopic (exact) mass is 221 g/mol. The summed E-state index contributed by atoms with van der Waals surface area (Å²) in [5.41, 5.74) is 5.29. The summed E-state index contributed by atoms with van der Waals surface area (Å²) in [6.45, 7) is 0.842. The molecular formula is C10H11N3O3. The molecule has 1 aliphatic rings. The van der Waals surface area contributed by atoms with Gasteiger partial charge in [-0.05, 0) is 12.1 Å². The Labute approximate surface area is 91.7 Å². The van der Waals surface area contributed by atoms with E-state index in [9.17, 15) is 9.59 Å². The number of nitrogens with two attached hydrogens (primary N) is 1. The maximum Gasteiger partial charge on any atom is 0.310 e. The fourth-order valence-corrected chi connectivity index (χ4v) is 1.56. The average molecular weight is 221 g/mol. The first-order valence-electron chi connectivity index (χ1n) is 4.82. The lowest BCUT2D eigenvalue weighted by Crippen LogP contribution is -2.50. The summed E-state index contributed by atoms with van der Waals surface area (Å²) in [5, 5.41) is 8.72.